The molecule has 2 bridgehead atoms. The van der Waals surface area contributed by atoms with E-state index in [0.717, 1.165) is 12.8 Å². The van der Waals surface area contributed by atoms with E-state index in [1.165, 1.54) is 0 Å². The maximum absolute atomic E-state index is 13.0. The molecular weight excluding hydrogens is 310 g/mol. The van der Waals surface area contributed by atoms with E-state index < -0.39 is 5.97 Å². The first-order chi connectivity index (χ1) is 11.3. The Bertz CT molecular complexity index is 709. The highest BCUT2D eigenvalue weighted by atomic mass is 16.4. The quantitative estimate of drug-likeness (QED) is 0.856. The van der Waals surface area contributed by atoms with E-state index >= 15 is 0 Å². The molecule has 1 aromatic heterocycles. The van der Waals surface area contributed by atoms with E-state index in [1.54, 1.807) is 20.8 Å². The Hall–Kier alpha value is -2.31. The van der Waals surface area contributed by atoms with Gasteiger partial charge < -0.3 is 19.9 Å². The summed E-state index contributed by atoms with van der Waals surface area (Å²) in [6.45, 7) is 6.76. The van der Waals surface area contributed by atoms with Crippen LogP contribution in [0.5, 0.6) is 0 Å². The van der Waals surface area contributed by atoms with E-state index in [9.17, 15) is 19.5 Å². The second-order valence-electron chi connectivity index (χ2n) is 6.91. The minimum atomic E-state index is -1.03. The zero-order chi connectivity index (χ0) is 17.6. The third kappa shape index (κ3) is 2.68. The highest BCUT2D eigenvalue weighted by Gasteiger charge is 2.39. The largest absolute Gasteiger partial charge is 0.478 e. The second-order valence-corrected chi connectivity index (χ2v) is 6.91. The molecule has 3 aliphatic rings. The van der Waals surface area contributed by atoms with Crippen molar-refractivity contribution in [3.63, 3.8) is 0 Å². The Morgan fingerprint density at radius 3 is 2.42 bits per heavy atom. The summed E-state index contributed by atoms with van der Waals surface area (Å²) in [5.74, 6) is -0.864. The molecule has 0 spiro atoms. The van der Waals surface area contributed by atoms with Gasteiger partial charge in [-0.05, 0) is 38.2 Å². The van der Waals surface area contributed by atoms with Crippen molar-refractivity contribution in [2.45, 2.75) is 39.7 Å². The summed E-state index contributed by atoms with van der Waals surface area (Å²) < 4.78 is 0. The number of amides is 2. The first-order valence-corrected chi connectivity index (χ1v) is 8.28. The van der Waals surface area contributed by atoms with Crippen LogP contribution in [0.25, 0.3) is 0 Å². The summed E-state index contributed by atoms with van der Waals surface area (Å²) in [5.41, 5.74) is 1.50. The molecule has 0 unspecified atom stereocenters. The maximum Gasteiger partial charge on any atom is 0.337 e. The Morgan fingerprint density at radius 1 is 1.12 bits per heavy atom. The Labute approximate surface area is 140 Å². The van der Waals surface area contributed by atoms with Crippen LogP contribution in [0.2, 0.25) is 0 Å². The van der Waals surface area contributed by atoms with Crippen LogP contribution >= 0.6 is 0 Å². The fourth-order valence-corrected chi connectivity index (χ4v) is 4.02. The predicted molar refractivity (Wildman–Crippen MR) is 87.0 cm³/mol. The molecule has 2 atom stereocenters. The molecule has 3 fully saturated rings. The van der Waals surface area contributed by atoms with Gasteiger partial charge in [-0.25, -0.2) is 4.79 Å². The minimum Gasteiger partial charge on any atom is -0.478 e. The third-order valence-electron chi connectivity index (χ3n) is 5.28. The van der Waals surface area contributed by atoms with Crippen molar-refractivity contribution in [3.8, 4) is 0 Å². The molecule has 0 saturated carbocycles. The van der Waals surface area contributed by atoms with Gasteiger partial charge in [-0.1, -0.05) is 0 Å². The van der Waals surface area contributed by atoms with Crippen molar-refractivity contribution in [2.75, 3.05) is 19.6 Å². The van der Waals surface area contributed by atoms with Crippen molar-refractivity contribution in [2.24, 2.45) is 5.92 Å². The van der Waals surface area contributed by atoms with E-state index in [1.807, 2.05) is 9.80 Å². The Kier molecular flexibility index (Phi) is 4.11. The number of nitrogens with one attached hydrogen (secondary N) is 1. The number of rotatable bonds is 2. The van der Waals surface area contributed by atoms with E-state index in [-0.39, 0.29) is 29.3 Å². The van der Waals surface area contributed by atoms with Crippen LogP contribution in [0.4, 0.5) is 0 Å². The van der Waals surface area contributed by atoms with Crippen LogP contribution in [0.15, 0.2) is 0 Å². The lowest BCUT2D eigenvalue weighted by Gasteiger charge is -2.36. The van der Waals surface area contributed by atoms with Gasteiger partial charge in [-0.2, -0.15) is 0 Å². The fourth-order valence-electron chi connectivity index (χ4n) is 4.02. The van der Waals surface area contributed by atoms with Gasteiger partial charge in [0.15, 0.2) is 0 Å². The van der Waals surface area contributed by atoms with Crippen molar-refractivity contribution < 1.29 is 19.5 Å². The van der Waals surface area contributed by atoms with Crippen molar-refractivity contribution in [3.05, 3.63) is 22.5 Å². The van der Waals surface area contributed by atoms with Crippen LogP contribution in [0, 0.1) is 19.8 Å². The van der Waals surface area contributed by atoms with Gasteiger partial charge in [0.1, 0.15) is 5.69 Å². The molecule has 3 saturated heterocycles. The number of hydrogen-bond acceptors (Lipinski definition) is 3. The zero-order valence-electron chi connectivity index (χ0n) is 14.3. The number of piperidine rings is 1. The number of aromatic amines is 1. The average molecular weight is 333 g/mol. The minimum absolute atomic E-state index is 0.00330. The van der Waals surface area contributed by atoms with Gasteiger partial charge in [0.05, 0.1) is 5.56 Å². The number of carbonyl (C=O) groups excluding carboxylic acids is 2. The van der Waals surface area contributed by atoms with Crippen LogP contribution < -0.4 is 0 Å². The molecule has 130 valence electrons. The molecular formula is C17H23N3O4. The lowest BCUT2D eigenvalue weighted by atomic mass is 9.94. The summed E-state index contributed by atoms with van der Waals surface area (Å²) in [5, 5.41) is 9.31. The van der Waals surface area contributed by atoms with Crippen LogP contribution in [-0.2, 0) is 4.79 Å². The van der Waals surface area contributed by atoms with Gasteiger partial charge in [0, 0.05) is 38.3 Å². The number of nitrogens with zero attached hydrogens (tertiary/aromatic N) is 2. The molecule has 4 heterocycles. The smallest absolute Gasteiger partial charge is 0.337 e. The van der Waals surface area contributed by atoms with Crippen LogP contribution in [-0.4, -0.2) is 63.4 Å². The highest BCUT2D eigenvalue weighted by molar-refractivity contribution is 6.00. The molecule has 2 N–H and O–H groups in total. The van der Waals surface area contributed by atoms with Gasteiger partial charge in [0.2, 0.25) is 5.91 Å². The number of H-pyrrole nitrogens is 1. The molecule has 2 amide bonds. The topological polar surface area (TPSA) is 93.7 Å². The molecule has 24 heavy (non-hydrogen) atoms. The fraction of sp³-hybridized carbons (Fsp3) is 0.588. The lowest BCUT2D eigenvalue weighted by Crippen LogP contribution is -2.47. The summed E-state index contributed by atoms with van der Waals surface area (Å²) in [6, 6.07) is -0.00330. The van der Waals surface area contributed by atoms with Gasteiger partial charge in [-0.3, -0.25) is 9.59 Å². The molecule has 0 aliphatic carbocycles. The molecule has 0 radical (unpaired) electrons. The van der Waals surface area contributed by atoms with Gasteiger partial charge >= 0.3 is 5.97 Å². The SMILES string of the molecule is CC(=O)N1C[C@H]2CC[C@@H](C1)N(C(=O)c1[nH]c(C)c(C(=O)O)c1C)C2. The molecule has 7 nitrogen and oxygen atoms in total. The summed E-state index contributed by atoms with van der Waals surface area (Å²) >= 11 is 0. The Balaban J connectivity index is 1.90. The summed E-state index contributed by atoms with van der Waals surface area (Å²) in [4.78, 5) is 42.7. The first-order valence-electron chi connectivity index (χ1n) is 8.28. The van der Waals surface area contributed by atoms with Crippen molar-refractivity contribution in [1.29, 1.82) is 0 Å². The maximum atomic E-state index is 13.0. The second kappa shape index (κ2) is 5.96. The molecule has 7 heteroatoms. The number of carbonyl (C=O) groups is 3. The number of hydrogen-bond donors (Lipinski definition) is 2. The van der Waals surface area contributed by atoms with Gasteiger partial charge in [0.25, 0.3) is 5.91 Å². The number of carboxylic acids is 1. The van der Waals surface area contributed by atoms with E-state index in [4.69, 9.17) is 0 Å². The Morgan fingerprint density at radius 2 is 1.83 bits per heavy atom. The number of aromatic carboxylic acids is 1. The summed E-state index contributed by atoms with van der Waals surface area (Å²) in [6.07, 6.45) is 1.89. The zero-order valence-corrected chi connectivity index (χ0v) is 14.3. The van der Waals surface area contributed by atoms with Gasteiger partial charge in [-0.15, -0.1) is 0 Å². The monoisotopic (exact) mass is 333 g/mol. The van der Waals surface area contributed by atoms with Crippen LogP contribution in [0.1, 0.15) is 51.9 Å². The van der Waals surface area contributed by atoms with Crippen molar-refractivity contribution >= 4 is 17.8 Å². The first kappa shape index (κ1) is 16.5. The lowest BCUT2D eigenvalue weighted by molar-refractivity contribution is -0.129. The van der Waals surface area contributed by atoms with E-state index in [0.29, 0.717) is 36.6 Å². The number of aromatic nitrogens is 1. The van der Waals surface area contributed by atoms with Crippen LogP contribution in [0.3, 0.4) is 0 Å². The normalized spacial score (nSPS) is 23.3. The van der Waals surface area contributed by atoms with Crippen molar-refractivity contribution in [1.82, 2.24) is 14.8 Å². The summed E-state index contributed by atoms with van der Waals surface area (Å²) in [7, 11) is 0. The standard InChI is InChI=1S/C17H23N3O4/c1-9-14(17(23)24)10(2)18-15(9)16(22)20-7-12-4-5-13(20)8-19(6-12)11(3)21/h12-13,18H,4-8H2,1-3H3,(H,23,24)/t12-,13+/m1/s1. The molecule has 1 aromatic rings. The highest BCUT2D eigenvalue weighted by Crippen LogP contribution is 2.30. The average Bonchev–Trinajstić information content (AvgIpc) is 2.70. The number of carboxylic acid groups (broad SMARTS) is 1. The molecule has 4 rings (SSSR count). The third-order valence-corrected chi connectivity index (χ3v) is 5.28. The number of fused-ring (bicyclic) bond motifs is 4. The molecule has 0 aromatic carbocycles. The number of aryl methyl sites for hydroxylation is 1. The van der Waals surface area contributed by atoms with E-state index in [2.05, 4.69) is 4.98 Å². The predicted octanol–water partition coefficient (Wildman–Crippen LogP) is 1.41. The molecule has 3 aliphatic heterocycles.